The largest absolute Gasteiger partial charge is 0.447 e. The molecule has 1 aromatic carbocycles. The van der Waals surface area contributed by atoms with Crippen LogP contribution in [0.15, 0.2) is 29.3 Å². The summed E-state index contributed by atoms with van der Waals surface area (Å²) in [4.78, 5) is 4.17. The van der Waals surface area contributed by atoms with Crippen LogP contribution in [0.4, 0.5) is 5.69 Å². The molecule has 0 saturated carbocycles. The third kappa shape index (κ3) is 1.99. The first-order valence-electron chi connectivity index (χ1n) is 4.25. The fraction of sp³-hybridized carbons (Fsp3) is 0.300. The minimum Gasteiger partial charge on any atom is -0.447 e. The highest BCUT2D eigenvalue weighted by molar-refractivity contribution is 5.72. The standard InChI is InChI=1S/C10H11NO2/c1-8-2-4-9(5-3-8)11-10-12-6-7-13-10/h2-5H,6-7H2,1H3. The van der Waals surface area contributed by atoms with Crippen LogP contribution < -0.4 is 0 Å². The van der Waals surface area contributed by atoms with Crippen molar-refractivity contribution in [1.82, 2.24) is 0 Å². The molecule has 0 amide bonds. The summed E-state index contributed by atoms with van der Waals surface area (Å²) in [6, 6.07) is 7.89. The van der Waals surface area contributed by atoms with Crippen LogP contribution in [-0.2, 0) is 9.47 Å². The van der Waals surface area contributed by atoms with Gasteiger partial charge in [-0.3, -0.25) is 0 Å². The van der Waals surface area contributed by atoms with Crippen LogP contribution in [0.5, 0.6) is 0 Å². The van der Waals surface area contributed by atoms with E-state index in [9.17, 15) is 0 Å². The Labute approximate surface area is 77.0 Å². The number of rotatable bonds is 1. The highest BCUT2D eigenvalue weighted by Crippen LogP contribution is 2.14. The molecule has 1 aliphatic heterocycles. The smallest absolute Gasteiger partial charge is 0.389 e. The molecule has 0 aliphatic carbocycles. The number of hydrogen-bond acceptors (Lipinski definition) is 3. The maximum atomic E-state index is 5.11. The third-order valence-electron chi connectivity index (χ3n) is 1.79. The molecule has 1 fully saturated rings. The molecule has 0 unspecified atom stereocenters. The molecule has 2 rings (SSSR count). The average molecular weight is 177 g/mol. The maximum absolute atomic E-state index is 5.11. The van der Waals surface area contributed by atoms with Crippen molar-refractivity contribution >= 4 is 11.8 Å². The lowest BCUT2D eigenvalue weighted by molar-refractivity contribution is 0.337. The van der Waals surface area contributed by atoms with Gasteiger partial charge in [0.2, 0.25) is 0 Å². The van der Waals surface area contributed by atoms with Gasteiger partial charge >= 0.3 is 6.08 Å². The number of nitrogens with zero attached hydrogens (tertiary/aromatic N) is 1. The van der Waals surface area contributed by atoms with Gasteiger partial charge in [0.05, 0.1) is 5.69 Å². The molecule has 3 heteroatoms. The molecule has 1 aromatic rings. The lowest BCUT2D eigenvalue weighted by Crippen LogP contribution is -1.94. The lowest BCUT2D eigenvalue weighted by Gasteiger charge is -1.96. The summed E-state index contributed by atoms with van der Waals surface area (Å²) in [7, 11) is 0. The van der Waals surface area contributed by atoms with Crippen molar-refractivity contribution in [3.8, 4) is 0 Å². The van der Waals surface area contributed by atoms with E-state index in [2.05, 4.69) is 4.99 Å². The van der Waals surface area contributed by atoms with Crippen molar-refractivity contribution in [1.29, 1.82) is 0 Å². The number of ether oxygens (including phenoxy) is 2. The molecule has 0 atom stereocenters. The Hall–Kier alpha value is -1.51. The monoisotopic (exact) mass is 177 g/mol. The molecule has 0 N–H and O–H groups in total. The second-order valence-corrected chi connectivity index (χ2v) is 2.91. The van der Waals surface area contributed by atoms with Gasteiger partial charge in [0.15, 0.2) is 0 Å². The van der Waals surface area contributed by atoms with E-state index in [4.69, 9.17) is 9.47 Å². The average Bonchev–Trinajstić information content (AvgIpc) is 2.62. The van der Waals surface area contributed by atoms with Crippen molar-refractivity contribution < 1.29 is 9.47 Å². The summed E-state index contributed by atoms with van der Waals surface area (Å²) in [5.41, 5.74) is 2.08. The molecule has 0 aromatic heterocycles. The Morgan fingerprint density at radius 3 is 2.31 bits per heavy atom. The zero-order valence-electron chi connectivity index (χ0n) is 7.49. The fourth-order valence-corrected chi connectivity index (χ4v) is 1.09. The third-order valence-corrected chi connectivity index (χ3v) is 1.79. The molecular weight excluding hydrogens is 166 g/mol. The number of benzene rings is 1. The van der Waals surface area contributed by atoms with Crippen molar-refractivity contribution in [3.05, 3.63) is 29.8 Å². The van der Waals surface area contributed by atoms with Crippen LogP contribution in [0.25, 0.3) is 0 Å². The van der Waals surface area contributed by atoms with Gasteiger partial charge in [0.1, 0.15) is 13.2 Å². The predicted octanol–water partition coefficient (Wildman–Crippen LogP) is 2.03. The Morgan fingerprint density at radius 2 is 1.69 bits per heavy atom. The van der Waals surface area contributed by atoms with Crippen LogP contribution >= 0.6 is 0 Å². The predicted molar refractivity (Wildman–Crippen MR) is 50.2 cm³/mol. The van der Waals surface area contributed by atoms with E-state index in [1.807, 2.05) is 31.2 Å². The van der Waals surface area contributed by atoms with E-state index >= 15 is 0 Å². The highest BCUT2D eigenvalue weighted by Gasteiger charge is 2.09. The molecule has 1 saturated heterocycles. The van der Waals surface area contributed by atoms with Gasteiger partial charge in [-0.25, -0.2) is 0 Å². The fourth-order valence-electron chi connectivity index (χ4n) is 1.09. The molecule has 1 heterocycles. The molecule has 13 heavy (non-hydrogen) atoms. The second-order valence-electron chi connectivity index (χ2n) is 2.91. The summed E-state index contributed by atoms with van der Waals surface area (Å²) >= 11 is 0. The van der Waals surface area contributed by atoms with Gasteiger partial charge in [0.25, 0.3) is 0 Å². The van der Waals surface area contributed by atoms with Gasteiger partial charge in [-0.05, 0) is 19.1 Å². The Balaban J connectivity index is 2.17. The summed E-state index contributed by atoms with van der Waals surface area (Å²) < 4.78 is 10.2. The summed E-state index contributed by atoms with van der Waals surface area (Å²) in [6.07, 6.45) is 0.379. The number of aryl methyl sites for hydroxylation is 1. The van der Waals surface area contributed by atoms with E-state index in [0.717, 1.165) is 5.69 Å². The molecular formula is C10H11NO2. The van der Waals surface area contributed by atoms with Crippen LogP contribution in [0.1, 0.15) is 5.56 Å². The van der Waals surface area contributed by atoms with E-state index in [0.29, 0.717) is 19.3 Å². The van der Waals surface area contributed by atoms with Gasteiger partial charge in [-0.15, -0.1) is 0 Å². The molecule has 68 valence electrons. The zero-order valence-corrected chi connectivity index (χ0v) is 7.49. The van der Waals surface area contributed by atoms with Crippen LogP contribution in [0.3, 0.4) is 0 Å². The molecule has 1 aliphatic rings. The molecule has 3 nitrogen and oxygen atoms in total. The lowest BCUT2D eigenvalue weighted by atomic mass is 10.2. The summed E-state index contributed by atoms with van der Waals surface area (Å²) in [6.45, 7) is 3.24. The number of aliphatic imine (C=N–C) groups is 1. The van der Waals surface area contributed by atoms with Crippen LogP contribution in [-0.4, -0.2) is 19.3 Å². The van der Waals surface area contributed by atoms with Crippen molar-refractivity contribution in [2.75, 3.05) is 13.2 Å². The Morgan fingerprint density at radius 1 is 1.08 bits per heavy atom. The first kappa shape index (κ1) is 8.10. The van der Waals surface area contributed by atoms with Crippen molar-refractivity contribution in [2.24, 2.45) is 4.99 Å². The summed E-state index contributed by atoms with van der Waals surface area (Å²) in [5, 5.41) is 0. The van der Waals surface area contributed by atoms with E-state index in [-0.39, 0.29) is 0 Å². The second kappa shape index (κ2) is 3.47. The SMILES string of the molecule is Cc1ccc(N=C2OCCO2)cc1. The van der Waals surface area contributed by atoms with E-state index in [1.165, 1.54) is 5.56 Å². The summed E-state index contributed by atoms with van der Waals surface area (Å²) in [5.74, 6) is 0. The first-order valence-corrected chi connectivity index (χ1v) is 4.25. The van der Waals surface area contributed by atoms with Crippen molar-refractivity contribution in [2.45, 2.75) is 6.92 Å². The Bertz CT molecular complexity index is 308. The van der Waals surface area contributed by atoms with Crippen molar-refractivity contribution in [3.63, 3.8) is 0 Å². The quantitative estimate of drug-likeness (QED) is 0.657. The van der Waals surface area contributed by atoms with Gasteiger partial charge in [-0.1, -0.05) is 17.7 Å². The Kier molecular flexibility index (Phi) is 2.17. The maximum Gasteiger partial charge on any atom is 0.389 e. The van der Waals surface area contributed by atoms with Gasteiger partial charge < -0.3 is 9.47 Å². The van der Waals surface area contributed by atoms with Crippen LogP contribution in [0.2, 0.25) is 0 Å². The minimum atomic E-state index is 0.379. The first-order chi connectivity index (χ1) is 6.34. The van der Waals surface area contributed by atoms with Crippen LogP contribution in [0, 0.1) is 6.92 Å². The van der Waals surface area contributed by atoms with E-state index in [1.54, 1.807) is 0 Å². The topological polar surface area (TPSA) is 30.8 Å². The highest BCUT2D eigenvalue weighted by atomic mass is 16.7. The van der Waals surface area contributed by atoms with Gasteiger partial charge in [-0.2, -0.15) is 4.99 Å². The zero-order chi connectivity index (χ0) is 9.10. The molecule has 0 spiro atoms. The molecule has 0 radical (unpaired) electrons. The van der Waals surface area contributed by atoms with E-state index < -0.39 is 0 Å². The minimum absolute atomic E-state index is 0.379. The van der Waals surface area contributed by atoms with Gasteiger partial charge in [0, 0.05) is 0 Å². The normalized spacial score (nSPS) is 15.0. The number of hydrogen-bond donors (Lipinski definition) is 0. The molecule has 0 bridgehead atoms.